The van der Waals surface area contributed by atoms with Crippen LogP contribution in [0.1, 0.15) is 24.0 Å². The van der Waals surface area contributed by atoms with Crippen LogP contribution in [0.2, 0.25) is 0 Å². The summed E-state index contributed by atoms with van der Waals surface area (Å²) in [7, 11) is 0. The third kappa shape index (κ3) is 4.91. The summed E-state index contributed by atoms with van der Waals surface area (Å²) < 4.78 is 40.2. The maximum absolute atomic E-state index is 13.7. The highest BCUT2D eigenvalue weighted by Gasteiger charge is 2.30. The Hall–Kier alpha value is -2.83. The second-order valence-electron chi connectivity index (χ2n) is 6.89. The Morgan fingerprint density at radius 3 is 2.71 bits per heavy atom. The van der Waals surface area contributed by atoms with E-state index in [-0.39, 0.29) is 42.7 Å². The van der Waals surface area contributed by atoms with Gasteiger partial charge in [-0.05, 0) is 36.6 Å². The van der Waals surface area contributed by atoms with Crippen molar-refractivity contribution in [2.45, 2.75) is 25.8 Å². The van der Waals surface area contributed by atoms with Crippen LogP contribution in [0.5, 0.6) is 0 Å². The molecule has 1 heterocycles. The van der Waals surface area contributed by atoms with E-state index in [1.807, 2.05) is 0 Å². The molecule has 1 atom stereocenters. The molecule has 2 aromatic rings. The van der Waals surface area contributed by atoms with Gasteiger partial charge in [0.2, 0.25) is 11.8 Å². The van der Waals surface area contributed by atoms with E-state index >= 15 is 0 Å². The zero-order valence-corrected chi connectivity index (χ0v) is 15.3. The van der Waals surface area contributed by atoms with Crippen LogP contribution in [0, 0.1) is 23.4 Å². The fourth-order valence-corrected chi connectivity index (χ4v) is 3.31. The van der Waals surface area contributed by atoms with Gasteiger partial charge in [0.05, 0.1) is 5.92 Å². The number of rotatable bonds is 6. The summed E-state index contributed by atoms with van der Waals surface area (Å²) in [6, 6.07) is 9.99. The maximum atomic E-state index is 13.7. The first kappa shape index (κ1) is 19.9. The predicted octanol–water partition coefficient (Wildman–Crippen LogP) is 3.20. The SMILES string of the molecule is O=C(NCc1cccc(F)c1F)[C@@H]1CCC(=O)N(CCc2cccc(F)c2)C1. The fraction of sp³-hybridized carbons (Fsp3) is 0.333. The van der Waals surface area contributed by atoms with Crippen LogP contribution >= 0.6 is 0 Å². The Morgan fingerprint density at radius 2 is 1.93 bits per heavy atom. The number of nitrogens with one attached hydrogen (secondary N) is 1. The van der Waals surface area contributed by atoms with Gasteiger partial charge in [-0.25, -0.2) is 13.2 Å². The molecule has 0 aromatic heterocycles. The lowest BCUT2D eigenvalue weighted by Crippen LogP contribution is -2.46. The first-order valence-electron chi connectivity index (χ1n) is 9.17. The third-order valence-electron chi connectivity index (χ3n) is 4.92. The molecule has 28 heavy (non-hydrogen) atoms. The van der Waals surface area contributed by atoms with Gasteiger partial charge < -0.3 is 10.2 Å². The summed E-state index contributed by atoms with van der Waals surface area (Å²) in [5.41, 5.74) is 0.851. The zero-order valence-electron chi connectivity index (χ0n) is 15.3. The van der Waals surface area contributed by atoms with E-state index in [1.54, 1.807) is 17.0 Å². The lowest BCUT2D eigenvalue weighted by atomic mass is 9.96. The standard InChI is InChI=1S/C21H21F3N2O2/c22-17-5-1-3-14(11-17)9-10-26-13-16(7-8-19(26)27)21(28)25-12-15-4-2-6-18(23)20(15)24/h1-6,11,16H,7-10,12-13H2,(H,25,28)/t16-/m1/s1. The fourth-order valence-electron chi connectivity index (χ4n) is 3.31. The summed E-state index contributed by atoms with van der Waals surface area (Å²) in [6.45, 7) is 0.534. The van der Waals surface area contributed by atoms with Crippen molar-refractivity contribution in [2.75, 3.05) is 13.1 Å². The van der Waals surface area contributed by atoms with Crippen LogP contribution in [0.25, 0.3) is 0 Å². The van der Waals surface area contributed by atoms with Crippen LogP contribution in [0.15, 0.2) is 42.5 Å². The Balaban J connectivity index is 1.54. The molecular weight excluding hydrogens is 369 g/mol. The Labute approximate surface area is 161 Å². The number of halogens is 3. The van der Waals surface area contributed by atoms with Gasteiger partial charge in [-0.1, -0.05) is 24.3 Å². The van der Waals surface area contributed by atoms with E-state index in [0.29, 0.717) is 19.4 Å². The number of hydrogen-bond donors (Lipinski definition) is 1. The largest absolute Gasteiger partial charge is 0.352 e. The van der Waals surface area contributed by atoms with Crippen LogP contribution in [0.3, 0.4) is 0 Å². The summed E-state index contributed by atoms with van der Waals surface area (Å²) in [5.74, 6) is -3.02. The molecule has 1 fully saturated rings. The quantitative estimate of drug-likeness (QED) is 0.824. The highest BCUT2D eigenvalue weighted by molar-refractivity contribution is 5.83. The van der Waals surface area contributed by atoms with Crippen LogP contribution in [-0.2, 0) is 22.6 Å². The number of carbonyl (C=O) groups excluding carboxylic acids is 2. The van der Waals surface area contributed by atoms with E-state index in [0.717, 1.165) is 11.6 Å². The molecule has 0 radical (unpaired) electrons. The van der Waals surface area contributed by atoms with Crippen molar-refractivity contribution in [1.29, 1.82) is 0 Å². The van der Waals surface area contributed by atoms with Gasteiger partial charge in [0, 0.05) is 31.6 Å². The number of likely N-dealkylation sites (tertiary alicyclic amines) is 1. The van der Waals surface area contributed by atoms with Crippen molar-refractivity contribution in [2.24, 2.45) is 5.92 Å². The number of benzene rings is 2. The molecule has 1 N–H and O–H groups in total. The van der Waals surface area contributed by atoms with Crippen LogP contribution in [-0.4, -0.2) is 29.8 Å². The van der Waals surface area contributed by atoms with E-state index < -0.39 is 17.6 Å². The van der Waals surface area contributed by atoms with E-state index in [9.17, 15) is 22.8 Å². The summed E-state index contributed by atoms with van der Waals surface area (Å²) in [4.78, 5) is 26.2. The van der Waals surface area contributed by atoms with Gasteiger partial charge in [0.25, 0.3) is 0 Å². The highest BCUT2D eigenvalue weighted by Crippen LogP contribution is 2.19. The topological polar surface area (TPSA) is 49.4 Å². The van der Waals surface area contributed by atoms with Gasteiger partial charge in [-0.15, -0.1) is 0 Å². The monoisotopic (exact) mass is 390 g/mol. The van der Waals surface area contributed by atoms with Crippen molar-refractivity contribution >= 4 is 11.8 Å². The van der Waals surface area contributed by atoms with Crippen molar-refractivity contribution in [3.05, 3.63) is 71.0 Å². The average molecular weight is 390 g/mol. The molecule has 3 rings (SSSR count). The predicted molar refractivity (Wildman–Crippen MR) is 97.6 cm³/mol. The van der Waals surface area contributed by atoms with Crippen molar-refractivity contribution in [1.82, 2.24) is 10.2 Å². The van der Waals surface area contributed by atoms with Crippen molar-refractivity contribution in [3.63, 3.8) is 0 Å². The van der Waals surface area contributed by atoms with Crippen molar-refractivity contribution < 1.29 is 22.8 Å². The number of amides is 2. The maximum Gasteiger partial charge on any atom is 0.225 e. The molecule has 4 nitrogen and oxygen atoms in total. The molecule has 0 spiro atoms. The lowest BCUT2D eigenvalue weighted by molar-refractivity contribution is -0.138. The average Bonchev–Trinajstić information content (AvgIpc) is 2.68. The minimum absolute atomic E-state index is 0.0448. The first-order chi connectivity index (χ1) is 13.4. The minimum Gasteiger partial charge on any atom is -0.352 e. The second kappa shape index (κ2) is 8.91. The van der Waals surface area contributed by atoms with Crippen LogP contribution < -0.4 is 5.32 Å². The van der Waals surface area contributed by atoms with Gasteiger partial charge in [0.1, 0.15) is 5.82 Å². The first-order valence-corrected chi connectivity index (χ1v) is 9.17. The smallest absolute Gasteiger partial charge is 0.225 e. The van der Waals surface area contributed by atoms with Gasteiger partial charge in [-0.2, -0.15) is 0 Å². The molecular formula is C21H21F3N2O2. The minimum atomic E-state index is -0.974. The van der Waals surface area contributed by atoms with E-state index in [1.165, 1.54) is 24.3 Å². The molecule has 1 saturated heterocycles. The zero-order chi connectivity index (χ0) is 20.1. The van der Waals surface area contributed by atoms with Gasteiger partial charge in [-0.3, -0.25) is 9.59 Å². The number of nitrogens with zero attached hydrogens (tertiary/aromatic N) is 1. The van der Waals surface area contributed by atoms with E-state index in [2.05, 4.69) is 5.32 Å². The Bertz CT molecular complexity index is 872. The lowest BCUT2D eigenvalue weighted by Gasteiger charge is -2.32. The summed E-state index contributed by atoms with van der Waals surface area (Å²) in [5, 5.41) is 2.62. The second-order valence-corrected chi connectivity index (χ2v) is 6.89. The molecule has 7 heteroatoms. The molecule has 2 amide bonds. The Kier molecular flexibility index (Phi) is 6.34. The number of piperidine rings is 1. The van der Waals surface area contributed by atoms with Crippen LogP contribution in [0.4, 0.5) is 13.2 Å². The normalized spacial score (nSPS) is 16.9. The number of hydrogen-bond acceptors (Lipinski definition) is 2. The highest BCUT2D eigenvalue weighted by atomic mass is 19.2. The molecule has 1 aliphatic rings. The molecule has 0 bridgehead atoms. The summed E-state index contributed by atoms with van der Waals surface area (Å²) >= 11 is 0. The molecule has 2 aromatic carbocycles. The number of carbonyl (C=O) groups is 2. The third-order valence-corrected chi connectivity index (χ3v) is 4.92. The van der Waals surface area contributed by atoms with Crippen molar-refractivity contribution in [3.8, 4) is 0 Å². The van der Waals surface area contributed by atoms with Gasteiger partial charge >= 0.3 is 0 Å². The summed E-state index contributed by atoms with van der Waals surface area (Å²) in [6.07, 6.45) is 1.15. The molecule has 1 aliphatic heterocycles. The Morgan fingerprint density at radius 1 is 1.14 bits per heavy atom. The van der Waals surface area contributed by atoms with Gasteiger partial charge in [0.15, 0.2) is 11.6 Å². The molecule has 0 unspecified atom stereocenters. The molecule has 0 aliphatic carbocycles. The van der Waals surface area contributed by atoms with E-state index in [4.69, 9.17) is 0 Å². The molecule has 148 valence electrons. The molecule has 0 saturated carbocycles.